The maximum absolute atomic E-state index is 5.30. The molecule has 0 aliphatic rings. The fourth-order valence-corrected chi connectivity index (χ4v) is 11.6. The highest BCUT2D eigenvalue weighted by Crippen LogP contribution is 2.43. The molecular formula is C68H53N3S. The molecule has 4 aromatic heterocycles. The van der Waals surface area contributed by atoms with Crippen molar-refractivity contribution in [3.05, 3.63) is 259 Å². The van der Waals surface area contributed by atoms with Crippen LogP contribution in [0.15, 0.2) is 231 Å². The van der Waals surface area contributed by atoms with Gasteiger partial charge in [0, 0.05) is 54.6 Å². The minimum absolute atomic E-state index is 0.416. The van der Waals surface area contributed by atoms with Gasteiger partial charge in [0.2, 0.25) is 0 Å². The zero-order chi connectivity index (χ0) is 48.4. The third-order valence-corrected chi connectivity index (χ3v) is 15.3. The van der Waals surface area contributed by atoms with Gasteiger partial charge in [-0.1, -0.05) is 178 Å². The van der Waals surface area contributed by atoms with E-state index in [-0.39, 0.29) is 0 Å². The highest BCUT2D eigenvalue weighted by molar-refractivity contribution is 7.25. The second-order valence-electron chi connectivity index (χ2n) is 19.2. The van der Waals surface area contributed by atoms with Crippen molar-refractivity contribution < 1.29 is 0 Å². The molecule has 0 unspecified atom stereocenters. The van der Waals surface area contributed by atoms with Crippen molar-refractivity contribution in [3.8, 4) is 67.2 Å². The van der Waals surface area contributed by atoms with Crippen molar-refractivity contribution in [1.82, 2.24) is 15.0 Å². The number of fused-ring (bicyclic) bond motifs is 4. The average molecular weight is 944 g/mol. The van der Waals surface area contributed by atoms with Crippen LogP contribution in [0.4, 0.5) is 0 Å². The van der Waals surface area contributed by atoms with Gasteiger partial charge >= 0.3 is 0 Å². The molecule has 0 spiro atoms. The van der Waals surface area contributed by atoms with E-state index >= 15 is 0 Å². The Bertz CT molecular complexity index is 3770. The van der Waals surface area contributed by atoms with Gasteiger partial charge in [0.05, 0.1) is 22.6 Å². The molecule has 8 aromatic carbocycles. The Kier molecular flexibility index (Phi) is 12.4. The third kappa shape index (κ3) is 9.25. The van der Waals surface area contributed by atoms with Crippen molar-refractivity contribution in [3.63, 3.8) is 0 Å². The van der Waals surface area contributed by atoms with Crippen molar-refractivity contribution in [2.24, 2.45) is 0 Å². The molecule has 12 rings (SSSR count). The van der Waals surface area contributed by atoms with Crippen LogP contribution in [-0.2, 0) is 25.7 Å². The summed E-state index contributed by atoms with van der Waals surface area (Å²) < 4.78 is 2.60. The van der Waals surface area contributed by atoms with Crippen LogP contribution in [0, 0.1) is 0 Å². The monoisotopic (exact) mass is 943 g/mol. The van der Waals surface area contributed by atoms with Crippen LogP contribution in [-0.4, -0.2) is 15.0 Å². The number of pyridine rings is 3. The average Bonchev–Trinajstić information content (AvgIpc) is 3.82. The number of rotatable bonds is 13. The molecule has 3 nitrogen and oxygen atoms in total. The summed E-state index contributed by atoms with van der Waals surface area (Å²) in [6, 6.07) is 80.1. The van der Waals surface area contributed by atoms with Gasteiger partial charge in [0.1, 0.15) is 0 Å². The highest BCUT2D eigenvalue weighted by Gasteiger charge is 2.18. The molecule has 0 fully saturated rings. The van der Waals surface area contributed by atoms with E-state index in [4.69, 9.17) is 4.98 Å². The lowest BCUT2D eigenvalue weighted by molar-refractivity contribution is 0.876. The van der Waals surface area contributed by atoms with E-state index in [0.717, 1.165) is 65.0 Å². The molecule has 0 saturated carbocycles. The zero-order valence-corrected chi connectivity index (χ0v) is 41.4. The standard InChI is InChI=1S/C68H53N3S/c1-45(2)55-15-11-18-66-59(55)36-37-65(71-66)53-33-34-58(62(43-53)52-32-35-61-60-14-5-6-19-67(60)72-68(61)44-52)57-13-4-3-12-56(57)54-41-48(22-20-46-24-28-50(29-25-46)63-16-7-9-38-69-63)40-49(42-54)23-21-47-26-30-51(31-27-47)64-17-8-10-39-70-64/h3-19,24-45H,20-23H2,1-2H3. The normalized spacial score (nSPS) is 11.5. The Morgan fingerprint density at radius 1 is 0.347 bits per heavy atom. The maximum atomic E-state index is 5.30. The van der Waals surface area contributed by atoms with Gasteiger partial charge in [0.25, 0.3) is 0 Å². The number of thiophene rings is 1. The molecule has 0 aliphatic carbocycles. The third-order valence-electron chi connectivity index (χ3n) is 14.2. The predicted octanol–water partition coefficient (Wildman–Crippen LogP) is 18.1. The van der Waals surface area contributed by atoms with Crippen LogP contribution >= 0.6 is 11.3 Å². The lowest BCUT2D eigenvalue weighted by atomic mass is 9.86. The molecule has 0 bridgehead atoms. The number of hydrogen-bond donors (Lipinski definition) is 0. The zero-order valence-electron chi connectivity index (χ0n) is 40.6. The Labute approximate surface area is 426 Å². The quantitative estimate of drug-likeness (QED) is 0.116. The molecule has 4 heterocycles. The number of aromatic nitrogens is 3. The number of nitrogens with zero attached hydrogens (tertiary/aromatic N) is 3. The van der Waals surface area contributed by atoms with E-state index < -0.39 is 0 Å². The van der Waals surface area contributed by atoms with Gasteiger partial charge in [-0.15, -0.1) is 11.3 Å². The van der Waals surface area contributed by atoms with Gasteiger partial charge < -0.3 is 0 Å². The van der Waals surface area contributed by atoms with Crippen molar-refractivity contribution in [1.29, 1.82) is 0 Å². The van der Waals surface area contributed by atoms with Crippen molar-refractivity contribution in [2.45, 2.75) is 45.4 Å². The van der Waals surface area contributed by atoms with E-state index in [2.05, 4.69) is 218 Å². The Morgan fingerprint density at radius 3 is 1.58 bits per heavy atom. The molecule has 0 amide bonds. The Hall–Kier alpha value is -8.31. The molecule has 0 radical (unpaired) electrons. The predicted molar refractivity (Wildman–Crippen MR) is 305 cm³/mol. The summed E-state index contributed by atoms with van der Waals surface area (Å²) >= 11 is 1.87. The largest absolute Gasteiger partial charge is 0.256 e. The van der Waals surface area contributed by atoms with Crippen molar-refractivity contribution >= 4 is 42.4 Å². The number of benzene rings is 8. The molecule has 346 valence electrons. The number of hydrogen-bond acceptors (Lipinski definition) is 4. The fraction of sp³-hybridized carbons (Fsp3) is 0.103. The second-order valence-corrected chi connectivity index (χ2v) is 20.3. The SMILES string of the molecule is CC(C)c1cccc2nc(-c3ccc(-c4ccccc4-c4cc(CCc5ccc(-c6ccccn6)cc5)cc(CCc5ccc(-c6ccccn6)cc5)c4)c(-c4ccc5c(c4)sc4ccccc45)c3)ccc12. The summed E-state index contributed by atoms with van der Waals surface area (Å²) in [6.45, 7) is 4.51. The molecule has 0 aliphatic heterocycles. The highest BCUT2D eigenvalue weighted by atomic mass is 32.1. The van der Waals surface area contributed by atoms with E-state index in [1.165, 1.54) is 86.8 Å². The minimum atomic E-state index is 0.416. The van der Waals surface area contributed by atoms with E-state index in [1.54, 1.807) is 0 Å². The fourth-order valence-electron chi connectivity index (χ4n) is 10.4. The lowest BCUT2D eigenvalue weighted by Gasteiger charge is -2.18. The topological polar surface area (TPSA) is 38.7 Å². The van der Waals surface area contributed by atoms with Crippen LogP contribution in [0.2, 0.25) is 0 Å². The molecule has 0 saturated heterocycles. The van der Waals surface area contributed by atoms with Gasteiger partial charge in [-0.3, -0.25) is 9.97 Å². The molecule has 12 aromatic rings. The van der Waals surface area contributed by atoms with E-state index in [1.807, 2.05) is 48.0 Å². The van der Waals surface area contributed by atoms with Gasteiger partial charge in [-0.05, 0) is 147 Å². The second kappa shape index (κ2) is 19.8. The van der Waals surface area contributed by atoms with Crippen LogP contribution in [0.5, 0.6) is 0 Å². The van der Waals surface area contributed by atoms with E-state index in [9.17, 15) is 0 Å². The summed E-state index contributed by atoms with van der Waals surface area (Å²) in [5, 5.41) is 3.83. The summed E-state index contributed by atoms with van der Waals surface area (Å²) in [6.07, 6.45) is 7.45. The number of aryl methyl sites for hydroxylation is 4. The van der Waals surface area contributed by atoms with Crippen LogP contribution in [0.3, 0.4) is 0 Å². The first kappa shape index (κ1) is 44.9. The van der Waals surface area contributed by atoms with Crippen LogP contribution < -0.4 is 0 Å². The molecule has 72 heavy (non-hydrogen) atoms. The first-order valence-electron chi connectivity index (χ1n) is 25.2. The minimum Gasteiger partial charge on any atom is -0.256 e. The maximum Gasteiger partial charge on any atom is 0.0712 e. The molecule has 0 atom stereocenters. The summed E-state index contributed by atoms with van der Waals surface area (Å²) in [5.41, 5.74) is 21.3. The Morgan fingerprint density at radius 2 is 0.917 bits per heavy atom. The molecule has 0 N–H and O–H groups in total. The summed E-state index contributed by atoms with van der Waals surface area (Å²) in [5.74, 6) is 0.416. The van der Waals surface area contributed by atoms with Crippen LogP contribution in [0.25, 0.3) is 98.2 Å². The first-order chi connectivity index (χ1) is 35.5. The molecule has 4 heteroatoms. The summed E-state index contributed by atoms with van der Waals surface area (Å²) in [4.78, 5) is 14.5. The summed E-state index contributed by atoms with van der Waals surface area (Å²) in [7, 11) is 0. The van der Waals surface area contributed by atoms with Gasteiger partial charge in [-0.2, -0.15) is 0 Å². The van der Waals surface area contributed by atoms with Crippen molar-refractivity contribution in [2.75, 3.05) is 0 Å². The van der Waals surface area contributed by atoms with Gasteiger partial charge in [-0.25, -0.2) is 4.98 Å². The van der Waals surface area contributed by atoms with Crippen LogP contribution in [0.1, 0.15) is 47.6 Å². The van der Waals surface area contributed by atoms with Gasteiger partial charge in [0.15, 0.2) is 0 Å². The molecular weight excluding hydrogens is 891 g/mol. The smallest absolute Gasteiger partial charge is 0.0712 e. The van der Waals surface area contributed by atoms with E-state index in [0.29, 0.717) is 5.92 Å². The lowest BCUT2D eigenvalue weighted by Crippen LogP contribution is -1.98. The Balaban J connectivity index is 0.943. The first-order valence-corrected chi connectivity index (χ1v) is 26.0.